The average molecular weight is 329 g/mol. The van der Waals surface area contributed by atoms with Crippen LogP contribution in [0.5, 0.6) is 0 Å². The maximum Gasteiger partial charge on any atom is 0.275 e. The van der Waals surface area contributed by atoms with E-state index in [4.69, 9.17) is 0 Å². The molecule has 2 aromatic heterocycles. The minimum Gasteiger partial charge on any atom is -0.295 e. The summed E-state index contributed by atoms with van der Waals surface area (Å²) in [5.74, 6) is -0.543. The van der Waals surface area contributed by atoms with Gasteiger partial charge in [0.2, 0.25) is 6.54 Å². The predicted molar refractivity (Wildman–Crippen MR) is 89.2 cm³/mol. The summed E-state index contributed by atoms with van der Waals surface area (Å²) in [5, 5.41) is 16.0. The quantitative estimate of drug-likeness (QED) is 0.577. The molecule has 0 saturated heterocycles. The van der Waals surface area contributed by atoms with Crippen LogP contribution in [0.25, 0.3) is 5.69 Å². The molecule has 0 unspecified atom stereocenters. The van der Waals surface area contributed by atoms with Crippen LogP contribution >= 0.6 is 11.3 Å². The van der Waals surface area contributed by atoms with E-state index in [1.807, 2.05) is 47.8 Å². The summed E-state index contributed by atoms with van der Waals surface area (Å²) in [6, 6.07) is 12.8. The number of benzene rings is 1. The standard InChI is InChI=1S/C16H15N3O3S/c1-11-15(13(10-18(21)22)14-8-5-9-23-14)16(20)19(17-11)12-6-3-2-4-7-12/h2-9,13,17H,10H2,1H3/t13-/m1/s1. The van der Waals surface area contributed by atoms with Crippen molar-refractivity contribution in [2.75, 3.05) is 6.54 Å². The minimum atomic E-state index is -0.543. The first-order valence-electron chi connectivity index (χ1n) is 7.10. The zero-order valence-electron chi connectivity index (χ0n) is 12.4. The second kappa shape index (κ2) is 6.21. The third kappa shape index (κ3) is 2.95. The fourth-order valence-electron chi connectivity index (χ4n) is 2.69. The molecular formula is C16H15N3O3S. The maximum absolute atomic E-state index is 12.8. The van der Waals surface area contributed by atoms with Gasteiger partial charge in [0.1, 0.15) is 0 Å². The van der Waals surface area contributed by atoms with Crippen LogP contribution in [-0.4, -0.2) is 21.2 Å². The molecule has 1 atom stereocenters. The van der Waals surface area contributed by atoms with Crippen LogP contribution in [-0.2, 0) is 0 Å². The van der Waals surface area contributed by atoms with Crippen molar-refractivity contribution in [2.45, 2.75) is 12.8 Å². The monoisotopic (exact) mass is 329 g/mol. The largest absolute Gasteiger partial charge is 0.295 e. The number of thiophene rings is 1. The van der Waals surface area contributed by atoms with E-state index in [0.29, 0.717) is 16.9 Å². The number of aromatic amines is 1. The van der Waals surface area contributed by atoms with E-state index >= 15 is 0 Å². The number of nitro groups is 1. The fraction of sp³-hybridized carbons (Fsp3) is 0.188. The number of para-hydroxylation sites is 1. The van der Waals surface area contributed by atoms with E-state index in [1.54, 1.807) is 6.92 Å². The van der Waals surface area contributed by atoms with Gasteiger partial charge in [0.15, 0.2) is 0 Å². The van der Waals surface area contributed by atoms with Crippen LogP contribution < -0.4 is 5.56 Å². The summed E-state index contributed by atoms with van der Waals surface area (Å²) in [7, 11) is 0. The SMILES string of the molecule is Cc1[nH]n(-c2ccccc2)c(=O)c1[C@H](C[N+](=O)[O-])c1cccs1. The van der Waals surface area contributed by atoms with Gasteiger partial charge in [-0.15, -0.1) is 11.3 Å². The van der Waals surface area contributed by atoms with Crippen LogP contribution in [0.3, 0.4) is 0 Å². The van der Waals surface area contributed by atoms with Gasteiger partial charge in [-0.1, -0.05) is 24.3 Å². The first-order valence-corrected chi connectivity index (χ1v) is 7.98. The molecule has 0 aliphatic heterocycles. The molecule has 3 aromatic rings. The molecule has 23 heavy (non-hydrogen) atoms. The van der Waals surface area contributed by atoms with Crippen LogP contribution in [0.4, 0.5) is 0 Å². The Hall–Kier alpha value is -2.67. The normalized spacial score (nSPS) is 12.2. The summed E-state index contributed by atoms with van der Waals surface area (Å²) in [4.78, 5) is 24.3. The molecule has 0 spiro atoms. The summed E-state index contributed by atoms with van der Waals surface area (Å²) in [5.41, 5.74) is 1.57. The molecule has 0 aliphatic rings. The second-order valence-electron chi connectivity index (χ2n) is 5.21. The third-order valence-electron chi connectivity index (χ3n) is 3.70. The Morgan fingerprint density at radius 1 is 1.26 bits per heavy atom. The average Bonchev–Trinajstić information content (AvgIpc) is 3.15. The Kier molecular flexibility index (Phi) is 4.12. The van der Waals surface area contributed by atoms with Crippen LogP contribution in [0, 0.1) is 17.0 Å². The van der Waals surface area contributed by atoms with Gasteiger partial charge in [-0.05, 0) is 30.5 Å². The molecule has 0 radical (unpaired) electrons. The number of aryl methyl sites for hydroxylation is 1. The van der Waals surface area contributed by atoms with Gasteiger partial charge in [0.05, 0.1) is 17.2 Å². The Bertz CT molecular complexity index is 866. The third-order valence-corrected chi connectivity index (χ3v) is 4.68. The number of aromatic nitrogens is 2. The smallest absolute Gasteiger partial charge is 0.275 e. The topological polar surface area (TPSA) is 80.9 Å². The first-order chi connectivity index (χ1) is 11.1. The van der Waals surface area contributed by atoms with E-state index in [2.05, 4.69) is 5.10 Å². The van der Waals surface area contributed by atoms with E-state index < -0.39 is 5.92 Å². The minimum absolute atomic E-state index is 0.242. The number of nitrogens with one attached hydrogen (secondary N) is 1. The van der Waals surface area contributed by atoms with Gasteiger partial charge in [-0.3, -0.25) is 20.0 Å². The van der Waals surface area contributed by atoms with Crippen molar-refractivity contribution in [2.24, 2.45) is 0 Å². The number of H-pyrrole nitrogens is 1. The highest BCUT2D eigenvalue weighted by Crippen LogP contribution is 2.28. The number of nitrogens with zero attached hydrogens (tertiary/aromatic N) is 2. The molecule has 0 saturated carbocycles. The summed E-state index contributed by atoms with van der Waals surface area (Å²) in [6.07, 6.45) is 0. The molecule has 118 valence electrons. The van der Waals surface area contributed by atoms with Gasteiger partial charge in [-0.2, -0.15) is 0 Å². The zero-order chi connectivity index (χ0) is 16.4. The molecule has 7 heteroatoms. The summed E-state index contributed by atoms with van der Waals surface area (Å²) >= 11 is 1.42. The molecule has 0 amide bonds. The highest BCUT2D eigenvalue weighted by molar-refractivity contribution is 7.10. The van der Waals surface area contributed by atoms with E-state index in [9.17, 15) is 14.9 Å². The molecule has 1 N–H and O–H groups in total. The van der Waals surface area contributed by atoms with Gasteiger partial charge in [0, 0.05) is 15.5 Å². The molecule has 0 fully saturated rings. The summed E-state index contributed by atoms with van der Waals surface area (Å²) in [6.45, 7) is 1.47. The van der Waals surface area contributed by atoms with Crippen LogP contribution in [0.2, 0.25) is 0 Å². The van der Waals surface area contributed by atoms with E-state index in [1.165, 1.54) is 16.0 Å². The highest BCUT2D eigenvalue weighted by atomic mass is 32.1. The Morgan fingerprint density at radius 3 is 2.61 bits per heavy atom. The number of rotatable bonds is 5. The fourth-order valence-corrected chi connectivity index (χ4v) is 3.52. The molecule has 2 heterocycles. The molecule has 0 bridgehead atoms. The molecular weight excluding hydrogens is 314 g/mol. The summed E-state index contributed by atoms with van der Waals surface area (Å²) < 4.78 is 1.44. The lowest BCUT2D eigenvalue weighted by molar-refractivity contribution is -0.481. The van der Waals surface area contributed by atoms with Crippen molar-refractivity contribution in [1.82, 2.24) is 9.78 Å². The maximum atomic E-state index is 12.8. The van der Waals surface area contributed by atoms with E-state index in [-0.39, 0.29) is 17.0 Å². The number of hydrogen-bond donors (Lipinski definition) is 1. The number of hydrogen-bond acceptors (Lipinski definition) is 4. The van der Waals surface area contributed by atoms with Crippen LogP contribution in [0.15, 0.2) is 52.6 Å². The van der Waals surface area contributed by atoms with Crippen molar-refractivity contribution >= 4 is 11.3 Å². The van der Waals surface area contributed by atoms with Gasteiger partial charge in [0.25, 0.3) is 5.56 Å². The Labute approximate surface area is 136 Å². The van der Waals surface area contributed by atoms with Crippen molar-refractivity contribution < 1.29 is 4.92 Å². The van der Waals surface area contributed by atoms with Crippen molar-refractivity contribution in [1.29, 1.82) is 0 Å². The van der Waals surface area contributed by atoms with Gasteiger partial charge in [-0.25, -0.2) is 4.68 Å². The molecule has 6 nitrogen and oxygen atoms in total. The van der Waals surface area contributed by atoms with Crippen molar-refractivity contribution in [3.63, 3.8) is 0 Å². The van der Waals surface area contributed by atoms with Gasteiger partial charge < -0.3 is 0 Å². The van der Waals surface area contributed by atoms with Crippen LogP contribution in [0.1, 0.15) is 22.1 Å². The zero-order valence-corrected chi connectivity index (χ0v) is 13.2. The lowest BCUT2D eigenvalue weighted by atomic mass is 9.98. The van der Waals surface area contributed by atoms with Crippen molar-refractivity contribution in [3.8, 4) is 5.69 Å². The van der Waals surface area contributed by atoms with E-state index in [0.717, 1.165) is 4.88 Å². The van der Waals surface area contributed by atoms with Crippen molar-refractivity contribution in [3.05, 3.63) is 84.4 Å². The lowest BCUT2D eigenvalue weighted by Gasteiger charge is -2.09. The first kappa shape index (κ1) is 15.2. The molecule has 1 aromatic carbocycles. The predicted octanol–water partition coefficient (Wildman–Crippen LogP) is 2.94. The Balaban J connectivity index is 2.13. The highest BCUT2D eigenvalue weighted by Gasteiger charge is 2.28. The second-order valence-corrected chi connectivity index (χ2v) is 6.19. The van der Waals surface area contributed by atoms with Gasteiger partial charge >= 0.3 is 0 Å². The lowest BCUT2D eigenvalue weighted by Crippen LogP contribution is -2.23. The molecule has 3 rings (SSSR count). The molecule has 0 aliphatic carbocycles. The Morgan fingerprint density at radius 2 is 2.00 bits per heavy atom.